The van der Waals surface area contributed by atoms with Crippen LogP contribution in [0, 0.1) is 5.92 Å². The van der Waals surface area contributed by atoms with Crippen LogP contribution >= 0.6 is 0 Å². The van der Waals surface area contributed by atoms with Gasteiger partial charge in [-0.05, 0) is 18.9 Å². The second-order valence-electron chi connectivity index (χ2n) is 2.40. The lowest BCUT2D eigenvalue weighted by atomic mass is 10.0. The summed E-state index contributed by atoms with van der Waals surface area (Å²) < 4.78 is 0. The number of carboxylic acids is 1. The average Bonchev–Trinajstić information content (AvgIpc) is 2.36. The predicted octanol–water partition coefficient (Wildman–Crippen LogP) is 1.59. The van der Waals surface area contributed by atoms with Crippen molar-refractivity contribution in [1.29, 1.82) is 0 Å². The van der Waals surface area contributed by atoms with Crippen molar-refractivity contribution in [1.82, 2.24) is 0 Å². The number of hydrogen-bond donors (Lipinski definition) is 1. The maximum atomic E-state index is 10.4. The lowest BCUT2D eigenvalue weighted by Crippen LogP contribution is -2.10. The molecule has 10 heavy (non-hydrogen) atoms. The SMILES string of the molecule is CC(C(=O)O)C1=CCC=C1. The molecule has 0 saturated heterocycles. The van der Waals surface area contributed by atoms with E-state index in [1.54, 1.807) is 6.92 Å². The van der Waals surface area contributed by atoms with Gasteiger partial charge >= 0.3 is 5.97 Å². The van der Waals surface area contributed by atoms with E-state index in [1.807, 2.05) is 18.2 Å². The van der Waals surface area contributed by atoms with E-state index in [4.69, 9.17) is 5.11 Å². The summed E-state index contributed by atoms with van der Waals surface area (Å²) in [6, 6.07) is 0. The van der Waals surface area contributed by atoms with E-state index < -0.39 is 5.97 Å². The molecule has 2 heteroatoms. The molecule has 0 radical (unpaired) electrons. The van der Waals surface area contributed by atoms with Crippen LogP contribution in [0.3, 0.4) is 0 Å². The van der Waals surface area contributed by atoms with Crippen molar-refractivity contribution in [2.24, 2.45) is 5.92 Å². The Hall–Kier alpha value is -1.05. The van der Waals surface area contributed by atoms with E-state index >= 15 is 0 Å². The van der Waals surface area contributed by atoms with Gasteiger partial charge in [-0.3, -0.25) is 4.79 Å². The van der Waals surface area contributed by atoms with Gasteiger partial charge in [-0.1, -0.05) is 18.2 Å². The molecule has 0 aromatic heterocycles. The predicted molar refractivity (Wildman–Crippen MR) is 38.6 cm³/mol. The summed E-state index contributed by atoms with van der Waals surface area (Å²) in [5.41, 5.74) is 0.924. The number of hydrogen-bond acceptors (Lipinski definition) is 1. The van der Waals surface area contributed by atoms with Crippen molar-refractivity contribution in [3.05, 3.63) is 23.8 Å². The highest BCUT2D eigenvalue weighted by molar-refractivity contribution is 5.74. The second kappa shape index (κ2) is 2.69. The van der Waals surface area contributed by atoms with Gasteiger partial charge in [0, 0.05) is 0 Å². The van der Waals surface area contributed by atoms with E-state index in [2.05, 4.69) is 0 Å². The largest absolute Gasteiger partial charge is 0.481 e. The Kier molecular flexibility index (Phi) is 1.90. The summed E-state index contributed by atoms with van der Waals surface area (Å²) in [4.78, 5) is 10.4. The van der Waals surface area contributed by atoms with Crippen LogP contribution in [0.5, 0.6) is 0 Å². The molecule has 0 spiro atoms. The number of allylic oxidation sites excluding steroid dienone is 3. The van der Waals surface area contributed by atoms with Crippen LogP contribution in [0.15, 0.2) is 23.8 Å². The minimum Gasteiger partial charge on any atom is -0.481 e. The normalized spacial score (nSPS) is 18.7. The molecule has 54 valence electrons. The van der Waals surface area contributed by atoms with E-state index in [1.165, 1.54) is 0 Å². The molecule has 0 aromatic carbocycles. The third-order valence-corrected chi connectivity index (χ3v) is 1.67. The first-order valence-corrected chi connectivity index (χ1v) is 3.31. The number of carboxylic acid groups (broad SMARTS) is 1. The molecule has 0 saturated carbocycles. The Labute approximate surface area is 59.9 Å². The Bertz CT molecular complexity index is 201. The molecule has 1 aliphatic rings. The van der Waals surface area contributed by atoms with Crippen LogP contribution in [0.4, 0.5) is 0 Å². The Morgan fingerprint density at radius 1 is 1.80 bits per heavy atom. The fourth-order valence-corrected chi connectivity index (χ4v) is 0.940. The zero-order valence-corrected chi connectivity index (χ0v) is 5.87. The first-order valence-electron chi connectivity index (χ1n) is 3.31. The monoisotopic (exact) mass is 138 g/mol. The quantitative estimate of drug-likeness (QED) is 0.629. The molecule has 0 fully saturated rings. The fraction of sp³-hybridized carbons (Fsp3) is 0.375. The number of carbonyl (C=O) groups is 1. The zero-order valence-electron chi connectivity index (χ0n) is 5.87. The van der Waals surface area contributed by atoms with Crippen LogP contribution in [-0.2, 0) is 4.79 Å². The van der Waals surface area contributed by atoms with E-state index in [0.29, 0.717) is 0 Å². The summed E-state index contributed by atoms with van der Waals surface area (Å²) in [6.07, 6.45) is 6.67. The summed E-state index contributed by atoms with van der Waals surface area (Å²) in [5.74, 6) is -1.10. The standard InChI is InChI=1S/C8H10O2/c1-6(8(9)10)7-4-2-3-5-7/h2,4-6H,3H2,1H3,(H,9,10). The third kappa shape index (κ3) is 1.26. The molecular formula is C8H10O2. The molecule has 1 unspecified atom stereocenters. The van der Waals surface area contributed by atoms with Crippen LogP contribution in [-0.4, -0.2) is 11.1 Å². The summed E-state index contributed by atoms with van der Waals surface area (Å²) >= 11 is 0. The lowest BCUT2D eigenvalue weighted by Gasteiger charge is -2.03. The fourth-order valence-electron chi connectivity index (χ4n) is 0.940. The van der Waals surface area contributed by atoms with Gasteiger partial charge < -0.3 is 5.11 Å². The molecule has 0 aromatic rings. The topological polar surface area (TPSA) is 37.3 Å². The number of aliphatic carboxylic acids is 1. The van der Waals surface area contributed by atoms with Gasteiger partial charge in [0.15, 0.2) is 0 Å². The van der Waals surface area contributed by atoms with Crippen molar-refractivity contribution in [3.8, 4) is 0 Å². The van der Waals surface area contributed by atoms with Gasteiger partial charge in [0.1, 0.15) is 0 Å². The van der Waals surface area contributed by atoms with Crippen LogP contribution in [0.25, 0.3) is 0 Å². The molecular weight excluding hydrogens is 128 g/mol. The minimum atomic E-state index is -0.752. The second-order valence-corrected chi connectivity index (χ2v) is 2.40. The van der Waals surface area contributed by atoms with Crippen molar-refractivity contribution in [3.63, 3.8) is 0 Å². The van der Waals surface area contributed by atoms with Gasteiger partial charge in [0.2, 0.25) is 0 Å². The summed E-state index contributed by atoms with van der Waals surface area (Å²) in [7, 11) is 0. The first-order chi connectivity index (χ1) is 4.72. The Balaban J connectivity index is 2.65. The molecule has 1 N–H and O–H groups in total. The maximum absolute atomic E-state index is 10.4. The van der Waals surface area contributed by atoms with Crippen LogP contribution in [0.1, 0.15) is 13.3 Å². The van der Waals surface area contributed by atoms with E-state index in [-0.39, 0.29) is 5.92 Å². The van der Waals surface area contributed by atoms with E-state index in [9.17, 15) is 4.79 Å². The van der Waals surface area contributed by atoms with Gasteiger partial charge in [-0.15, -0.1) is 0 Å². The summed E-state index contributed by atoms with van der Waals surface area (Å²) in [5, 5.41) is 8.57. The maximum Gasteiger partial charge on any atom is 0.310 e. The van der Waals surface area contributed by atoms with Gasteiger partial charge in [0.25, 0.3) is 0 Å². The highest BCUT2D eigenvalue weighted by Gasteiger charge is 2.14. The van der Waals surface area contributed by atoms with Crippen LogP contribution in [0.2, 0.25) is 0 Å². The Morgan fingerprint density at radius 3 is 2.90 bits per heavy atom. The van der Waals surface area contributed by atoms with Gasteiger partial charge in [-0.2, -0.15) is 0 Å². The first kappa shape index (κ1) is 7.06. The molecule has 1 atom stereocenters. The van der Waals surface area contributed by atoms with Gasteiger partial charge in [-0.25, -0.2) is 0 Å². The lowest BCUT2D eigenvalue weighted by molar-refractivity contribution is -0.139. The van der Waals surface area contributed by atoms with Crippen molar-refractivity contribution in [2.75, 3.05) is 0 Å². The Morgan fingerprint density at radius 2 is 2.50 bits per heavy atom. The molecule has 1 aliphatic carbocycles. The molecule has 0 bridgehead atoms. The van der Waals surface area contributed by atoms with Gasteiger partial charge in [0.05, 0.1) is 5.92 Å². The molecule has 1 rings (SSSR count). The van der Waals surface area contributed by atoms with Crippen molar-refractivity contribution in [2.45, 2.75) is 13.3 Å². The average molecular weight is 138 g/mol. The number of rotatable bonds is 2. The smallest absolute Gasteiger partial charge is 0.310 e. The highest BCUT2D eigenvalue weighted by Crippen LogP contribution is 2.17. The van der Waals surface area contributed by atoms with Crippen molar-refractivity contribution < 1.29 is 9.90 Å². The third-order valence-electron chi connectivity index (χ3n) is 1.67. The molecule has 2 nitrogen and oxygen atoms in total. The molecule has 0 heterocycles. The van der Waals surface area contributed by atoms with Crippen molar-refractivity contribution >= 4 is 5.97 Å². The zero-order chi connectivity index (χ0) is 7.56. The van der Waals surface area contributed by atoms with E-state index in [0.717, 1.165) is 12.0 Å². The highest BCUT2D eigenvalue weighted by atomic mass is 16.4. The molecule has 0 amide bonds. The minimum absolute atomic E-state index is 0.348. The molecule has 0 aliphatic heterocycles. The van der Waals surface area contributed by atoms with Crippen LogP contribution < -0.4 is 0 Å². The summed E-state index contributed by atoms with van der Waals surface area (Å²) in [6.45, 7) is 1.70.